The molecule has 0 saturated heterocycles. The molecule has 0 N–H and O–H groups in total. The van der Waals surface area contributed by atoms with E-state index in [1.165, 1.54) is 83.5 Å². The quantitative estimate of drug-likeness (QED) is 0.0262. The van der Waals surface area contributed by atoms with Gasteiger partial charge in [0.2, 0.25) is 0 Å². The van der Waals surface area contributed by atoms with Crippen molar-refractivity contribution in [3.8, 4) is 0 Å². The molecular weight excluding hydrogens is 805 g/mol. The smallest absolute Gasteiger partial charge is 0.306 e. The van der Waals surface area contributed by atoms with Crippen LogP contribution in [-0.2, 0) is 28.6 Å². The van der Waals surface area contributed by atoms with Crippen LogP contribution < -0.4 is 0 Å². The molecule has 0 amide bonds. The predicted octanol–water partition coefficient (Wildman–Crippen LogP) is 17.3. The van der Waals surface area contributed by atoms with Crippen molar-refractivity contribution in [1.29, 1.82) is 0 Å². The lowest BCUT2D eigenvalue weighted by Crippen LogP contribution is -2.30. The molecule has 0 saturated carbocycles. The number of ether oxygens (including phenoxy) is 3. The zero-order valence-corrected chi connectivity index (χ0v) is 41.7. The Morgan fingerprint density at radius 1 is 0.323 bits per heavy atom. The molecule has 6 heteroatoms. The summed E-state index contributed by atoms with van der Waals surface area (Å²) in [6.45, 7) is 6.34. The van der Waals surface area contributed by atoms with E-state index in [1.807, 2.05) is 6.08 Å². The monoisotopic (exact) mass is 899 g/mol. The summed E-state index contributed by atoms with van der Waals surface area (Å²) >= 11 is 0. The van der Waals surface area contributed by atoms with Gasteiger partial charge >= 0.3 is 17.9 Å². The third-order valence-corrected chi connectivity index (χ3v) is 10.4. The Morgan fingerprint density at radius 3 is 1.03 bits per heavy atom. The van der Waals surface area contributed by atoms with Crippen molar-refractivity contribution in [1.82, 2.24) is 0 Å². The molecule has 366 valence electrons. The second-order valence-corrected chi connectivity index (χ2v) is 16.7. The average molecular weight is 899 g/mol. The van der Waals surface area contributed by atoms with Crippen molar-refractivity contribution in [3.05, 3.63) is 122 Å². The SMILES string of the molecule is CC/C=C/C/C=C/C/C=C/C/C=C/C/C=C/CCCC(=O)OCC(COC(=O)CC/C=C/C/C=C/CCCCCCCC)OC(=O)CCC/C=C/C/C=C/C/C=C/CCCCCCCC. The Labute approximate surface area is 399 Å². The van der Waals surface area contributed by atoms with Gasteiger partial charge in [-0.05, 0) is 109 Å². The number of carbonyl (C=O) groups excluding carboxylic acids is 3. The molecule has 0 aromatic rings. The highest BCUT2D eigenvalue weighted by Gasteiger charge is 2.19. The average Bonchev–Trinajstić information content (AvgIpc) is 3.30. The molecule has 0 aromatic carbocycles. The van der Waals surface area contributed by atoms with Gasteiger partial charge in [0.25, 0.3) is 0 Å². The summed E-state index contributed by atoms with van der Waals surface area (Å²) in [5.74, 6) is -1.13. The first-order valence-corrected chi connectivity index (χ1v) is 26.0. The van der Waals surface area contributed by atoms with Crippen LogP contribution in [0.2, 0.25) is 0 Å². The zero-order valence-electron chi connectivity index (χ0n) is 41.7. The number of hydrogen-bond donors (Lipinski definition) is 0. The van der Waals surface area contributed by atoms with E-state index >= 15 is 0 Å². The third-order valence-electron chi connectivity index (χ3n) is 10.4. The molecular formula is C59H94O6. The van der Waals surface area contributed by atoms with Gasteiger partial charge in [-0.25, -0.2) is 0 Å². The molecule has 1 atom stereocenters. The lowest BCUT2D eigenvalue weighted by molar-refractivity contribution is -0.166. The van der Waals surface area contributed by atoms with Crippen LogP contribution in [0, 0.1) is 0 Å². The standard InChI is InChI=1S/C59H94O6/c1-4-7-10-13-16-19-22-25-27-29-31-34-37-40-43-46-49-52-58(61)64-55-56(54-63-57(60)51-48-45-42-39-36-33-24-21-18-15-12-9-6-3)65-59(62)53-50-47-44-41-38-35-32-30-28-26-23-20-17-14-11-8-5-2/h7,10,16,19,25-28,31-36,40-45,56H,4-6,8-9,11-15,17-18,20-24,29-30,37-39,46-55H2,1-3H3/b10-7+,19-16+,27-25+,28-26+,34-31+,35-32+,36-33+,43-40+,44-41+,45-42+. The summed E-state index contributed by atoms with van der Waals surface area (Å²) in [6.07, 6.45) is 72.1. The van der Waals surface area contributed by atoms with E-state index in [0.717, 1.165) is 70.6 Å². The molecule has 0 aliphatic rings. The summed E-state index contributed by atoms with van der Waals surface area (Å²) in [7, 11) is 0. The van der Waals surface area contributed by atoms with E-state index in [-0.39, 0.29) is 44.4 Å². The number of allylic oxidation sites excluding steroid dienone is 20. The fourth-order valence-electron chi connectivity index (χ4n) is 6.54. The van der Waals surface area contributed by atoms with Gasteiger partial charge in [-0.1, -0.05) is 206 Å². The van der Waals surface area contributed by atoms with Crippen molar-refractivity contribution in [2.45, 2.75) is 219 Å². The van der Waals surface area contributed by atoms with Crippen LogP contribution in [0.25, 0.3) is 0 Å². The normalized spacial score (nSPS) is 13.1. The molecule has 0 aliphatic heterocycles. The number of hydrogen-bond acceptors (Lipinski definition) is 6. The third kappa shape index (κ3) is 50.7. The number of unbranched alkanes of at least 4 members (excludes halogenated alkanes) is 14. The van der Waals surface area contributed by atoms with Crippen molar-refractivity contribution in [3.63, 3.8) is 0 Å². The van der Waals surface area contributed by atoms with E-state index in [1.54, 1.807) is 0 Å². The Kier molecular flexibility index (Phi) is 49.1. The van der Waals surface area contributed by atoms with Crippen LogP contribution in [-0.4, -0.2) is 37.2 Å². The molecule has 0 rings (SSSR count). The predicted molar refractivity (Wildman–Crippen MR) is 279 cm³/mol. The lowest BCUT2D eigenvalue weighted by atomic mass is 10.1. The molecule has 6 nitrogen and oxygen atoms in total. The van der Waals surface area contributed by atoms with Crippen molar-refractivity contribution in [2.24, 2.45) is 0 Å². The second-order valence-electron chi connectivity index (χ2n) is 16.7. The Bertz CT molecular complexity index is 1400. The van der Waals surface area contributed by atoms with Gasteiger partial charge in [0, 0.05) is 19.3 Å². The van der Waals surface area contributed by atoms with E-state index in [9.17, 15) is 14.4 Å². The van der Waals surface area contributed by atoms with E-state index < -0.39 is 12.1 Å². The maximum absolute atomic E-state index is 12.8. The molecule has 0 heterocycles. The fraction of sp³-hybridized carbons (Fsp3) is 0.610. The van der Waals surface area contributed by atoms with E-state index in [4.69, 9.17) is 14.2 Å². The maximum Gasteiger partial charge on any atom is 0.306 e. The highest BCUT2D eigenvalue weighted by molar-refractivity contribution is 5.71. The minimum absolute atomic E-state index is 0.148. The first-order valence-electron chi connectivity index (χ1n) is 26.0. The Morgan fingerprint density at radius 2 is 0.631 bits per heavy atom. The van der Waals surface area contributed by atoms with Gasteiger partial charge in [-0.2, -0.15) is 0 Å². The van der Waals surface area contributed by atoms with Crippen molar-refractivity contribution < 1.29 is 28.6 Å². The van der Waals surface area contributed by atoms with Crippen LogP contribution in [0.4, 0.5) is 0 Å². The van der Waals surface area contributed by atoms with Crippen LogP contribution in [0.15, 0.2) is 122 Å². The van der Waals surface area contributed by atoms with Gasteiger partial charge in [0.15, 0.2) is 6.10 Å². The minimum Gasteiger partial charge on any atom is -0.462 e. The molecule has 0 fully saturated rings. The van der Waals surface area contributed by atoms with Crippen LogP contribution >= 0.6 is 0 Å². The topological polar surface area (TPSA) is 78.9 Å². The first-order chi connectivity index (χ1) is 32.0. The van der Waals surface area contributed by atoms with Crippen LogP contribution in [0.5, 0.6) is 0 Å². The van der Waals surface area contributed by atoms with Gasteiger partial charge in [0.1, 0.15) is 13.2 Å². The molecule has 1 unspecified atom stereocenters. The second kappa shape index (κ2) is 52.4. The largest absolute Gasteiger partial charge is 0.462 e. The molecule has 65 heavy (non-hydrogen) atoms. The molecule has 0 spiro atoms. The summed E-state index contributed by atoms with van der Waals surface area (Å²) in [6, 6.07) is 0. The summed E-state index contributed by atoms with van der Waals surface area (Å²) in [5.41, 5.74) is 0. The summed E-state index contributed by atoms with van der Waals surface area (Å²) < 4.78 is 16.6. The van der Waals surface area contributed by atoms with Gasteiger partial charge in [-0.15, -0.1) is 0 Å². The number of rotatable bonds is 45. The molecule has 0 aromatic heterocycles. The molecule has 0 radical (unpaired) electrons. The van der Waals surface area contributed by atoms with Crippen molar-refractivity contribution >= 4 is 17.9 Å². The molecule has 0 bridgehead atoms. The van der Waals surface area contributed by atoms with Crippen molar-refractivity contribution in [2.75, 3.05) is 13.2 Å². The fourth-order valence-corrected chi connectivity index (χ4v) is 6.54. The summed E-state index contributed by atoms with van der Waals surface area (Å²) in [4.78, 5) is 37.9. The van der Waals surface area contributed by atoms with Crippen LogP contribution in [0.3, 0.4) is 0 Å². The lowest BCUT2D eigenvalue weighted by Gasteiger charge is -2.18. The first kappa shape index (κ1) is 60.8. The maximum atomic E-state index is 12.8. The Hall–Kier alpha value is -4.19. The van der Waals surface area contributed by atoms with Crippen LogP contribution in [0.1, 0.15) is 213 Å². The summed E-state index contributed by atoms with van der Waals surface area (Å²) in [5, 5.41) is 0. The molecule has 0 aliphatic carbocycles. The van der Waals surface area contributed by atoms with Gasteiger partial charge in [0.05, 0.1) is 0 Å². The highest BCUT2D eigenvalue weighted by Crippen LogP contribution is 2.10. The number of carbonyl (C=O) groups is 3. The van der Waals surface area contributed by atoms with Gasteiger partial charge < -0.3 is 14.2 Å². The van der Waals surface area contributed by atoms with Gasteiger partial charge in [-0.3, -0.25) is 14.4 Å². The van der Waals surface area contributed by atoms with E-state index in [0.29, 0.717) is 19.3 Å². The zero-order chi connectivity index (χ0) is 47.2. The number of esters is 3. The van der Waals surface area contributed by atoms with E-state index in [2.05, 4.69) is 136 Å². The highest BCUT2D eigenvalue weighted by atomic mass is 16.6. The minimum atomic E-state index is -0.853. The Balaban J connectivity index is 4.64.